The van der Waals surface area contributed by atoms with Gasteiger partial charge in [-0.1, -0.05) is 12.1 Å². The number of fused-ring (bicyclic) bond motifs is 1. The number of aromatic nitrogens is 1. The molecule has 1 amide bonds. The van der Waals surface area contributed by atoms with Crippen molar-refractivity contribution in [2.45, 2.75) is 32.8 Å². The van der Waals surface area contributed by atoms with E-state index >= 15 is 0 Å². The SMILES string of the molecule is COc1ccc2cc(CCC(=O)Nc3ccccc3OC(C)C)c(=O)[nH]c2c1. The number of rotatable bonds is 7. The molecule has 6 heteroatoms. The van der Waals surface area contributed by atoms with Crippen LogP contribution in [0.1, 0.15) is 25.8 Å². The lowest BCUT2D eigenvalue weighted by molar-refractivity contribution is -0.116. The van der Waals surface area contributed by atoms with E-state index in [-0.39, 0.29) is 24.0 Å². The van der Waals surface area contributed by atoms with E-state index in [2.05, 4.69) is 10.3 Å². The van der Waals surface area contributed by atoms with Crippen LogP contribution in [-0.4, -0.2) is 24.1 Å². The average Bonchev–Trinajstić information content (AvgIpc) is 2.67. The quantitative estimate of drug-likeness (QED) is 0.652. The van der Waals surface area contributed by atoms with Gasteiger partial charge in [0.25, 0.3) is 5.56 Å². The molecule has 6 nitrogen and oxygen atoms in total. The van der Waals surface area contributed by atoms with E-state index in [0.717, 1.165) is 5.39 Å². The van der Waals surface area contributed by atoms with Gasteiger partial charge >= 0.3 is 0 Å². The number of hydrogen-bond acceptors (Lipinski definition) is 4. The fourth-order valence-electron chi connectivity index (χ4n) is 2.93. The molecule has 0 fully saturated rings. The number of aryl methyl sites for hydroxylation is 1. The number of anilines is 1. The minimum atomic E-state index is -0.197. The summed E-state index contributed by atoms with van der Waals surface area (Å²) in [6.45, 7) is 3.86. The highest BCUT2D eigenvalue weighted by Crippen LogP contribution is 2.25. The summed E-state index contributed by atoms with van der Waals surface area (Å²) in [5.41, 5.74) is 1.70. The Hall–Kier alpha value is -3.28. The molecule has 0 aliphatic heterocycles. The lowest BCUT2D eigenvalue weighted by Crippen LogP contribution is -2.18. The standard InChI is InChI=1S/C22H24N2O4/c1-14(2)28-20-7-5-4-6-18(20)23-21(25)11-9-16-12-15-8-10-17(27-3)13-19(15)24-22(16)26/h4-8,10,12-14H,9,11H2,1-3H3,(H,23,25)(H,24,26). The second-order valence-corrected chi connectivity index (χ2v) is 6.79. The number of aromatic amines is 1. The number of hydrogen-bond donors (Lipinski definition) is 2. The third-order valence-electron chi connectivity index (χ3n) is 4.28. The van der Waals surface area contributed by atoms with Crippen molar-refractivity contribution in [2.24, 2.45) is 0 Å². The molecule has 0 atom stereocenters. The lowest BCUT2D eigenvalue weighted by Gasteiger charge is -2.14. The van der Waals surface area contributed by atoms with Crippen LogP contribution in [0.5, 0.6) is 11.5 Å². The van der Waals surface area contributed by atoms with E-state index in [0.29, 0.717) is 34.7 Å². The second-order valence-electron chi connectivity index (χ2n) is 6.79. The van der Waals surface area contributed by atoms with Gasteiger partial charge in [-0.25, -0.2) is 0 Å². The Morgan fingerprint density at radius 1 is 1.14 bits per heavy atom. The Kier molecular flexibility index (Phi) is 5.99. The Morgan fingerprint density at radius 3 is 2.68 bits per heavy atom. The van der Waals surface area contributed by atoms with Gasteiger partial charge in [-0.05, 0) is 56.0 Å². The molecule has 2 aromatic carbocycles. The largest absolute Gasteiger partial charge is 0.497 e. The fourth-order valence-corrected chi connectivity index (χ4v) is 2.93. The number of methoxy groups -OCH3 is 1. The van der Waals surface area contributed by atoms with Crippen molar-refractivity contribution in [3.8, 4) is 11.5 Å². The predicted octanol–water partition coefficient (Wildman–Crippen LogP) is 3.90. The molecule has 2 N–H and O–H groups in total. The van der Waals surface area contributed by atoms with Crippen molar-refractivity contribution < 1.29 is 14.3 Å². The number of carbonyl (C=O) groups excluding carboxylic acids is 1. The van der Waals surface area contributed by atoms with Gasteiger partial charge in [0.05, 0.1) is 24.4 Å². The highest BCUT2D eigenvalue weighted by molar-refractivity contribution is 5.92. The highest BCUT2D eigenvalue weighted by atomic mass is 16.5. The number of benzene rings is 2. The number of ether oxygens (including phenoxy) is 2. The molecule has 0 unspecified atom stereocenters. The topological polar surface area (TPSA) is 80.4 Å². The first-order valence-electron chi connectivity index (χ1n) is 9.21. The summed E-state index contributed by atoms with van der Waals surface area (Å²) in [6, 6.07) is 14.6. The van der Waals surface area contributed by atoms with Crippen LogP contribution in [-0.2, 0) is 11.2 Å². The van der Waals surface area contributed by atoms with E-state index in [4.69, 9.17) is 9.47 Å². The first kappa shape index (κ1) is 19.5. The van der Waals surface area contributed by atoms with Crippen LogP contribution in [0.3, 0.4) is 0 Å². The molecule has 0 bridgehead atoms. The van der Waals surface area contributed by atoms with Crippen LogP contribution in [0.15, 0.2) is 53.3 Å². The summed E-state index contributed by atoms with van der Waals surface area (Å²) in [6.07, 6.45) is 0.546. The van der Waals surface area contributed by atoms with Crippen LogP contribution < -0.4 is 20.3 Å². The highest BCUT2D eigenvalue weighted by Gasteiger charge is 2.11. The number of H-pyrrole nitrogens is 1. The maximum absolute atomic E-state index is 12.4. The fraction of sp³-hybridized carbons (Fsp3) is 0.273. The number of pyridine rings is 1. The minimum absolute atomic E-state index is 0.00725. The average molecular weight is 380 g/mol. The maximum Gasteiger partial charge on any atom is 0.251 e. The molecule has 146 valence electrons. The number of para-hydroxylation sites is 2. The molecule has 0 spiro atoms. The van der Waals surface area contributed by atoms with Gasteiger partial charge in [0, 0.05) is 18.1 Å². The van der Waals surface area contributed by atoms with Crippen molar-refractivity contribution >= 4 is 22.5 Å². The molecule has 3 rings (SSSR count). The molecule has 1 aromatic heterocycles. The zero-order valence-electron chi connectivity index (χ0n) is 16.2. The van der Waals surface area contributed by atoms with Gasteiger partial charge in [-0.15, -0.1) is 0 Å². The molecule has 0 aliphatic carbocycles. The van der Waals surface area contributed by atoms with Crippen molar-refractivity contribution in [3.63, 3.8) is 0 Å². The van der Waals surface area contributed by atoms with Gasteiger partial charge in [0.1, 0.15) is 11.5 Å². The smallest absolute Gasteiger partial charge is 0.251 e. The van der Waals surface area contributed by atoms with Gasteiger partial charge in [0.2, 0.25) is 5.91 Å². The first-order valence-corrected chi connectivity index (χ1v) is 9.21. The third-order valence-corrected chi connectivity index (χ3v) is 4.28. The van der Waals surface area contributed by atoms with Crippen LogP contribution >= 0.6 is 0 Å². The minimum Gasteiger partial charge on any atom is -0.497 e. The van der Waals surface area contributed by atoms with E-state index in [1.165, 1.54) is 0 Å². The van der Waals surface area contributed by atoms with Crippen molar-refractivity contribution in [1.82, 2.24) is 4.98 Å². The molecule has 1 heterocycles. The van der Waals surface area contributed by atoms with Crippen molar-refractivity contribution in [2.75, 3.05) is 12.4 Å². The van der Waals surface area contributed by atoms with Crippen molar-refractivity contribution in [1.29, 1.82) is 0 Å². The van der Waals surface area contributed by atoms with E-state index in [1.54, 1.807) is 19.2 Å². The molecular formula is C22H24N2O4. The van der Waals surface area contributed by atoms with Crippen LogP contribution in [0, 0.1) is 0 Å². The third kappa shape index (κ3) is 4.71. The Bertz CT molecular complexity index is 1040. The molecule has 0 aliphatic rings. The summed E-state index contributed by atoms with van der Waals surface area (Å²) in [4.78, 5) is 27.6. The van der Waals surface area contributed by atoms with Gasteiger partial charge < -0.3 is 19.8 Å². The summed E-state index contributed by atoms with van der Waals surface area (Å²) in [5.74, 6) is 1.13. The Morgan fingerprint density at radius 2 is 1.93 bits per heavy atom. The van der Waals surface area contributed by atoms with Crippen LogP contribution in [0.2, 0.25) is 0 Å². The summed E-state index contributed by atoms with van der Waals surface area (Å²) >= 11 is 0. The van der Waals surface area contributed by atoms with Gasteiger partial charge in [0.15, 0.2) is 0 Å². The predicted molar refractivity (Wildman–Crippen MR) is 110 cm³/mol. The van der Waals surface area contributed by atoms with Crippen molar-refractivity contribution in [3.05, 3.63) is 64.4 Å². The Balaban J connectivity index is 1.70. The summed E-state index contributed by atoms with van der Waals surface area (Å²) in [5, 5.41) is 3.76. The molecular weight excluding hydrogens is 356 g/mol. The number of nitrogens with one attached hydrogen (secondary N) is 2. The second kappa shape index (κ2) is 8.61. The van der Waals surface area contributed by atoms with E-state index in [1.807, 2.05) is 50.2 Å². The molecule has 28 heavy (non-hydrogen) atoms. The maximum atomic E-state index is 12.4. The molecule has 3 aromatic rings. The number of amides is 1. The molecule has 0 saturated carbocycles. The van der Waals surface area contributed by atoms with E-state index in [9.17, 15) is 9.59 Å². The van der Waals surface area contributed by atoms with Crippen LogP contribution in [0.25, 0.3) is 10.9 Å². The molecule has 0 radical (unpaired) electrons. The summed E-state index contributed by atoms with van der Waals surface area (Å²) < 4.78 is 10.9. The zero-order chi connectivity index (χ0) is 20.1. The zero-order valence-corrected chi connectivity index (χ0v) is 16.2. The molecule has 0 saturated heterocycles. The number of carbonyl (C=O) groups is 1. The normalized spacial score (nSPS) is 10.9. The van der Waals surface area contributed by atoms with Gasteiger partial charge in [-0.3, -0.25) is 9.59 Å². The monoisotopic (exact) mass is 380 g/mol. The van der Waals surface area contributed by atoms with Gasteiger partial charge in [-0.2, -0.15) is 0 Å². The van der Waals surface area contributed by atoms with E-state index < -0.39 is 0 Å². The van der Waals surface area contributed by atoms with Crippen LogP contribution in [0.4, 0.5) is 5.69 Å². The Labute approximate surface area is 163 Å². The summed E-state index contributed by atoms with van der Waals surface area (Å²) in [7, 11) is 1.58. The lowest BCUT2D eigenvalue weighted by atomic mass is 10.1. The first-order chi connectivity index (χ1) is 13.5.